The predicted molar refractivity (Wildman–Crippen MR) is 130 cm³/mol. The highest BCUT2D eigenvalue weighted by Gasteiger charge is 2.58. The van der Waals surface area contributed by atoms with Gasteiger partial charge < -0.3 is 10.8 Å². The van der Waals surface area contributed by atoms with E-state index in [1.54, 1.807) is 6.08 Å². The van der Waals surface area contributed by atoms with Gasteiger partial charge in [-0.1, -0.05) is 45.4 Å². The average molecular weight is 450 g/mol. The summed E-state index contributed by atoms with van der Waals surface area (Å²) in [6, 6.07) is 0. The van der Waals surface area contributed by atoms with Gasteiger partial charge in [-0.15, -0.1) is 0 Å². The molecule has 5 rings (SSSR count). The second kappa shape index (κ2) is 6.96. The van der Waals surface area contributed by atoms with Gasteiger partial charge in [0.1, 0.15) is 0 Å². The summed E-state index contributed by atoms with van der Waals surface area (Å²) in [7, 11) is 0. The number of rotatable bonds is 1. The molecule has 1 amide bonds. The first-order valence-corrected chi connectivity index (χ1v) is 12.7. The van der Waals surface area contributed by atoms with Crippen molar-refractivity contribution in [1.82, 2.24) is 0 Å². The normalized spacial score (nSPS) is 44.9. The lowest BCUT2D eigenvalue weighted by atomic mass is 9.50. The molecule has 0 saturated heterocycles. The molecule has 3 N–H and O–H groups in total. The van der Waals surface area contributed by atoms with Gasteiger partial charge in [-0.2, -0.15) is 0 Å². The number of ketones is 1. The van der Waals surface area contributed by atoms with Gasteiger partial charge in [-0.05, 0) is 98.2 Å². The monoisotopic (exact) mass is 449 g/mol. The van der Waals surface area contributed by atoms with Gasteiger partial charge in [0.25, 0.3) is 0 Å². The Morgan fingerprint density at radius 2 is 1.70 bits per heavy atom. The molecule has 5 aliphatic rings. The molecule has 0 aliphatic heterocycles. The van der Waals surface area contributed by atoms with Gasteiger partial charge in [-0.3, -0.25) is 9.59 Å². The van der Waals surface area contributed by atoms with E-state index in [0.717, 1.165) is 56.1 Å². The van der Waals surface area contributed by atoms with E-state index in [9.17, 15) is 14.7 Å². The fourth-order valence-electron chi connectivity index (χ4n) is 8.37. The molecule has 4 nitrogen and oxygen atoms in total. The highest BCUT2D eigenvalue weighted by atomic mass is 16.3. The Labute approximate surface area is 198 Å². The number of aliphatic hydroxyl groups excluding tert-OH is 1. The van der Waals surface area contributed by atoms with Crippen LogP contribution >= 0.6 is 0 Å². The zero-order valence-electron chi connectivity index (χ0n) is 20.9. The Morgan fingerprint density at radius 1 is 1.00 bits per heavy atom. The van der Waals surface area contributed by atoms with Crippen LogP contribution in [0, 0.1) is 33.5 Å². The van der Waals surface area contributed by atoms with Crippen LogP contribution in [0.15, 0.2) is 46.3 Å². The molecular weight excluding hydrogens is 410 g/mol. The van der Waals surface area contributed by atoms with Crippen molar-refractivity contribution in [2.45, 2.75) is 86.0 Å². The van der Waals surface area contributed by atoms with Crippen molar-refractivity contribution < 1.29 is 14.7 Å². The number of allylic oxidation sites excluding steroid dienone is 7. The number of fused-ring (bicyclic) bond motifs is 8. The quantitative estimate of drug-likeness (QED) is 0.508. The van der Waals surface area contributed by atoms with Crippen molar-refractivity contribution in [1.29, 1.82) is 0 Å². The van der Waals surface area contributed by atoms with Crippen LogP contribution in [0.25, 0.3) is 0 Å². The van der Waals surface area contributed by atoms with E-state index in [1.807, 2.05) is 6.92 Å². The molecular formula is C29H39NO3. The van der Waals surface area contributed by atoms with Crippen molar-refractivity contribution in [2.24, 2.45) is 39.2 Å². The predicted octanol–water partition coefficient (Wildman–Crippen LogP) is 6.10. The third kappa shape index (κ3) is 3.08. The second-order valence-electron chi connectivity index (χ2n) is 12.9. The molecule has 178 valence electrons. The van der Waals surface area contributed by atoms with Crippen molar-refractivity contribution in [3.63, 3.8) is 0 Å². The number of hydrogen-bond donors (Lipinski definition) is 2. The van der Waals surface area contributed by atoms with Crippen molar-refractivity contribution in [3.05, 3.63) is 46.3 Å². The summed E-state index contributed by atoms with van der Waals surface area (Å²) in [4.78, 5) is 25.0. The van der Waals surface area contributed by atoms with E-state index >= 15 is 0 Å². The van der Waals surface area contributed by atoms with E-state index in [1.165, 1.54) is 12.0 Å². The molecule has 3 fully saturated rings. The fraction of sp³-hybridized carbons (Fsp3) is 0.655. The number of carbonyl (C=O) groups excluding carboxylic acids is 2. The van der Waals surface area contributed by atoms with Crippen LogP contribution in [-0.4, -0.2) is 16.8 Å². The van der Waals surface area contributed by atoms with Crippen molar-refractivity contribution in [3.8, 4) is 0 Å². The maximum absolute atomic E-state index is 12.6. The third-order valence-corrected chi connectivity index (χ3v) is 10.8. The average Bonchev–Trinajstić information content (AvgIpc) is 2.95. The van der Waals surface area contributed by atoms with Gasteiger partial charge >= 0.3 is 0 Å². The number of aliphatic hydroxyl groups is 1. The fourth-order valence-corrected chi connectivity index (χ4v) is 8.37. The first kappa shape index (κ1) is 22.7. The molecule has 33 heavy (non-hydrogen) atoms. The number of carbonyl (C=O) groups is 2. The first-order chi connectivity index (χ1) is 15.3. The van der Waals surface area contributed by atoms with Crippen LogP contribution in [0.3, 0.4) is 0 Å². The molecule has 0 aromatic rings. The molecule has 0 aromatic heterocycles. The Kier molecular flexibility index (Phi) is 4.78. The summed E-state index contributed by atoms with van der Waals surface area (Å²) in [5.41, 5.74) is 9.93. The van der Waals surface area contributed by atoms with E-state index in [2.05, 4.69) is 39.8 Å². The Bertz CT molecular complexity index is 1080. The minimum Gasteiger partial charge on any atom is -0.504 e. The number of amides is 1. The number of hydrogen-bond acceptors (Lipinski definition) is 3. The van der Waals surface area contributed by atoms with Crippen LogP contribution < -0.4 is 5.73 Å². The van der Waals surface area contributed by atoms with Gasteiger partial charge in [0.2, 0.25) is 11.7 Å². The van der Waals surface area contributed by atoms with E-state index in [0.29, 0.717) is 17.4 Å². The number of nitrogens with two attached hydrogens (primary N) is 1. The maximum Gasteiger partial charge on any atom is 0.223 e. The molecule has 0 aromatic carbocycles. The topological polar surface area (TPSA) is 80.4 Å². The second-order valence-corrected chi connectivity index (χ2v) is 12.9. The Hall–Kier alpha value is -2.10. The molecule has 0 heterocycles. The summed E-state index contributed by atoms with van der Waals surface area (Å²) >= 11 is 0. The highest BCUT2D eigenvalue weighted by Crippen LogP contribution is 2.67. The zero-order valence-corrected chi connectivity index (χ0v) is 20.9. The lowest BCUT2D eigenvalue weighted by Gasteiger charge is -2.54. The van der Waals surface area contributed by atoms with E-state index in [4.69, 9.17) is 5.73 Å². The van der Waals surface area contributed by atoms with Gasteiger partial charge in [-0.25, -0.2) is 0 Å². The molecule has 0 unspecified atom stereocenters. The third-order valence-electron chi connectivity index (χ3n) is 10.8. The molecule has 3 saturated carbocycles. The standard InChI is InChI=1S/C29H39NO3/c1-17-19-6-7-20-18-8-9-26(2)10-11-28(4,25(30)33)16-23(26)27(3,15-18)12-13-29(20,5)21(19)14-22(31)24(17)32/h6-7,14,18,23,32H,8-13,15-16H2,1-5H3,(H2,30,33)/t18-,23-,26+,27-,28-,29-/m1/s1. The minimum atomic E-state index is -0.415. The highest BCUT2D eigenvalue weighted by molar-refractivity contribution is 6.06. The van der Waals surface area contributed by atoms with Crippen LogP contribution in [0.5, 0.6) is 0 Å². The lowest BCUT2D eigenvalue weighted by Crippen LogP contribution is -2.50. The Morgan fingerprint density at radius 3 is 2.39 bits per heavy atom. The van der Waals surface area contributed by atoms with Gasteiger partial charge in [0, 0.05) is 16.4 Å². The van der Waals surface area contributed by atoms with E-state index < -0.39 is 5.41 Å². The summed E-state index contributed by atoms with van der Waals surface area (Å²) < 4.78 is 0. The van der Waals surface area contributed by atoms with Crippen LogP contribution in [-0.2, 0) is 9.59 Å². The van der Waals surface area contributed by atoms with Crippen molar-refractivity contribution >= 4 is 11.7 Å². The summed E-state index contributed by atoms with van der Waals surface area (Å²) in [5.74, 6) is 0.400. The zero-order chi connectivity index (χ0) is 24.0. The molecule has 6 atom stereocenters. The molecule has 4 heteroatoms. The molecule has 5 aliphatic carbocycles. The lowest BCUT2D eigenvalue weighted by molar-refractivity contribution is -0.135. The summed E-state index contributed by atoms with van der Waals surface area (Å²) in [5, 5.41) is 10.3. The molecule has 2 bridgehead atoms. The smallest absolute Gasteiger partial charge is 0.223 e. The van der Waals surface area contributed by atoms with Crippen LogP contribution in [0.4, 0.5) is 0 Å². The van der Waals surface area contributed by atoms with Gasteiger partial charge in [0.05, 0.1) is 0 Å². The van der Waals surface area contributed by atoms with E-state index in [-0.39, 0.29) is 33.7 Å². The number of primary amides is 1. The molecule has 0 spiro atoms. The summed E-state index contributed by atoms with van der Waals surface area (Å²) in [6.07, 6.45) is 14.5. The van der Waals surface area contributed by atoms with Crippen LogP contribution in [0.2, 0.25) is 0 Å². The van der Waals surface area contributed by atoms with Crippen molar-refractivity contribution in [2.75, 3.05) is 0 Å². The molecule has 0 radical (unpaired) electrons. The summed E-state index contributed by atoms with van der Waals surface area (Å²) in [6.45, 7) is 11.2. The minimum absolute atomic E-state index is 0.120. The SMILES string of the molecule is CC1=C(O)C(=O)C=C2C1=CC=C1[C@@H]3CC[C@@]4(C)CC[C@@](C)(C(N)=O)C[C@H]4[C@](C)(CC[C@@]21C)C3. The largest absolute Gasteiger partial charge is 0.504 e. The van der Waals surface area contributed by atoms with Crippen LogP contribution in [0.1, 0.15) is 86.0 Å². The maximum atomic E-state index is 12.6. The van der Waals surface area contributed by atoms with Gasteiger partial charge in [0.15, 0.2) is 5.76 Å². The Balaban J connectivity index is 1.59. The first-order valence-electron chi connectivity index (χ1n) is 12.7.